The van der Waals surface area contributed by atoms with E-state index < -0.39 is 12.5 Å². The van der Waals surface area contributed by atoms with Crippen molar-refractivity contribution in [1.29, 1.82) is 0 Å². The van der Waals surface area contributed by atoms with Crippen molar-refractivity contribution in [2.24, 2.45) is 4.99 Å². The summed E-state index contributed by atoms with van der Waals surface area (Å²) in [6, 6.07) is 15.3. The molecule has 0 bridgehead atoms. The van der Waals surface area contributed by atoms with Gasteiger partial charge in [0.25, 0.3) is 0 Å². The Bertz CT molecular complexity index is 776. The van der Waals surface area contributed by atoms with Gasteiger partial charge in [-0.05, 0) is 37.1 Å². The van der Waals surface area contributed by atoms with Crippen LogP contribution in [0.5, 0.6) is 5.75 Å². The molecule has 1 heterocycles. The number of benzene rings is 2. The molecule has 2 aromatic carbocycles. The van der Waals surface area contributed by atoms with Crippen LogP contribution >= 0.6 is 0 Å². The molecule has 2 atom stereocenters. The quantitative estimate of drug-likeness (QED) is 0.699. The molecule has 2 aromatic rings. The van der Waals surface area contributed by atoms with Crippen LogP contribution in [0.2, 0.25) is 0 Å². The highest BCUT2D eigenvalue weighted by molar-refractivity contribution is 5.88. The number of amidine groups is 1. The molecule has 0 fully saturated rings. The molecule has 0 radical (unpaired) electrons. The summed E-state index contributed by atoms with van der Waals surface area (Å²) in [5, 5.41) is 20.1. The van der Waals surface area contributed by atoms with Gasteiger partial charge in [0.15, 0.2) is 12.5 Å². The predicted octanol–water partition coefficient (Wildman–Crippen LogP) is 3.02. The normalized spacial score (nSPS) is 17.3. The number of ether oxygens (including phenoxy) is 2. The van der Waals surface area contributed by atoms with Gasteiger partial charge in [-0.1, -0.05) is 30.3 Å². The molecule has 0 aliphatic carbocycles. The van der Waals surface area contributed by atoms with Gasteiger partial charge < -0.3 is 24.6 Å². The average molecular weight is 370 g/mol. The third kappa shape index (κ3) is 4.86. The molecule has 6 nitrogen and oxygen atoms in total. The topological polar surface area (TPSA) is 74.5 Å². The van der Waals surface area contributed by atoms with Crippen LogP contribution in [-0.2, 0) is 11.2 Å². The average Bonchev–Trinajstić information content (AvgIpc) is 2.69. The van der Waals surface area contributed by atoms with E-state index in [-0.39, 0.29) is 6.61 Å². The van der Waals surface area contributed by atoms with E-state index in [0.717, 1.165) is 29.0 Å². The smallest absolute Gasteiger partial charge is 0.156 e. The fourth-order valence-electron chi connectivity index (χ4n) is 2.98. The standard InChI is InChI=1S/C21H26N2O4/c1-3-26-20(24)13-10-15-8-11-16(12-9-15)27-14-19-22-18-7-5-4-6-17(18)21(25)23(19)2/h4-9,11-12,20-21,24-25H,3,10,13-14H2,1-2H3/t20-,21-/m0/s1. The lowest BCUT2D eigenvalue weighted by Crippen LogP contribution is -2.37. The number of aliphatic imine (C=N–C) groups is 1. The number of likely N-dealkylation sites (N-methyl/N-ethyl adjacent to an activating group) is 1. The summed E-state index contributed by atoms with van der Waals surface area (Å²) in [5.74, 6) is 1.40. The lowest BCUT2D eigenvalue weighted by Gasteiger charge is -2.31. The largest absolute Gasteiger partial charge is 0.486 e. The molecule has 1 aliphatic heterocycles. The lowest BCUT2D eigenvalue weighted by atomic mass is 10.1. The van der Waals surface area contributed by atoms with Crippen molar-refractivity contribution in [1.82, 2.24) is 4.90 Å². The number of aliphatic hydroxyl groups is 2. The van der Waals surface area contributed by atoms with Crippen molar-refractivity contribution < 1.29 is 19.7 Å². The van der Waals surface area contributed by atoms with E-state index >= 15 is 0 Å². The van der Waals surface area contributed by atoms with Gasteiger partial charge >= 0.3 is 0 Å². The monoisotopic (exact) mass is 370 g/mol. The first-order valence-electron chi connectivity index (χ1n) is 9.17. The molecule has 144 valence electrons. The number of aliphatic hydroxyl groups excluding tert-OH is 2. The zero-order valence-electron chi connectivity index (χ0n) is 15.7. The number of aryl methyl sites for hydroxylation is 1. The number of rotatable bonds is 8. The van der Waals surface area contributed by atoms with Crippen LogP contribution in [0, 0.1) is 0 Å². The van der Waals surface area contributed by atoms with Gasteiger partial charge in [-0.15, -0.1) is 0 Å². The second-order valence-electron chi connectivity index (χ2n) is 6.45. The van der Waals surface area contributed by atoms with Gasteiger partial charge in [-0.3, -0.25) is 0 Å². The maximum atomic E-state index is 10.4. The Balaban J connectivity index is 1.58. The Morgan fingerprint density at radius 3 is 2.63 bits per heavy atom. The highest BCUT2D eigenvalue weighted by Gasteiger charge is 2.25. The summed E-state index contributed by atoms with van der Waals surface area (Å²) in [5.41, 5.74) is 2.67. The van der Waals surface area contributed by atoms with E-state index in [1.165, 1.54) is 0 Å². The first kappa shape index (κ1) is 19.4. The molecule has 2 N–H and O–H groups in total. The molecular formula is C21H26N2O4. The van der Waals surface area contributed by atoms with Crippen molar-refractivity contribution in [3.63, 3.8) is 0 Å². The summed E-state index contributed by atoms with van der Waals surface area (Å²) < 4.78 is 11.0. The second kappa shape index (κ2) is 8.99. The zero-order chi connectivity index (χ0) is 19.2. The molecule has 27 heavy (non-hydrogen) atoms. The van der Waals surface area contributed by atoms with Crippen molar-refractivity contribution in [3.8, 4) is 5.75 Å². The summed E-state index contributed by atoms with van der Waals surface area (Å²) in [4.78, 5) is 6.31. The van der Waals surface area contributed by atoms with E-state index in [1.54, 1.807) is 11.9 Å². The van der Waals surface area contributed by atoms with Gasteiger partial charge in [0, 0.05) is 25.6 Å². The van der Waals surface area contributed by atoms with Crippen molar-refractivity contribution >= 4 is 11.5 Å². The van der Waals surface area contributed by atoms with E-state index in [4.69, 9.17) is 9.47 Å². The van der Waals surface area contributed by atoms with E-state index in [0.29, 0.717) is 18.9 Å². The van der Waals surface area contributed by atoms with Crippen molar-refractivity contribution in [2.75, 3.05) is 20.3 Å². The van der Waals surface area contributed by atoms with Crippen molar-refractivity contribution in [3.05, 3.63) is 59.7 Å². The van der Waals surface area contributed by atoms with Gasteiger partial charge in [-0.2, -0.15) is 0 Å². The van der Waals surface area contributed by atoms with Crippen LogP contribution in [0.25, 0.3) is 0 Å². The highest BCUT2D eigenvalue weighted by atomic mass is 16.6. The highest BCUT2D eigenvalue weighted by Crippen LogP contribution is 2.32. The van der Waals surface area contributed by atoms with Crippen LogP contribution in [-0.4, -0.2) is 47.5 Å². The Morgan fingerprint density at radius 2 is 1.89 bits per heavy atom. The lowest BCUT2D eigenvalue weighted by molar-refractivity contribution is -0.0980. The molecule has 0 spiro atoms. The maximum Gasteiger partial charge on any atom is 0.156 e. The van der Waals surface area contributed by atoms with Crippen molar-refractivity contribution in [2.45, 2.75) is 32.3 Å². The maximum absolute atomic E-state index is 10.4. The number of hydrogen-bond donors (Lipinski definition) is 2. The van der Waals surface area contributed by atoms with Crippen LogP contribution < -0.4 is 4.74 Å². The van der Waals surface area contributed by atoms with E-state index in [1.807, 2.05) is 55.5 Å². The fourth-order valence-corrected chi connectivity index (χ4v) is 2.98. The van der Waals surface area contributed by atoms with Crippen LogP contribution in [0.4, 0.5) is 5.69 Å². The molecule has 6 heteroatoms. The predicted molar refractivity (Wildman–Crippen MR) is 104 cm³/mol. The third-order valence-corrected chi connectivity index (χ3v) is 4.57. The Morgan fingerprint density at radius 1 is 1.15 bits per heavy atom. The second-order valence-corrected chi connectivity index (χ2v) is 6.45. The number of fused-ring (bicyclic) bond motifs is 1. The zero-order valence-corrected chi connectivity index (χ0v) is 15.7. The molecule has 3 rings (SSSR count). The molecule has 0 aromatic heterocycles. The Kier molecular flexibility index (Phi) is 6.45. The SMILES string of the molecule is CCO[C@H](O)CCc1ccc(OCC2=Nc3ccccc3[C@H](O)N2C)cc1. The third-order valence-electron chi connectivity index (χ3n) is 4.57. The molecule has 0 saturated heterocycles. The fraction of sp³-hybridized carbons (Fsp3) is 0.381. The first-order valence-corrected chi connectivity index (χ1v) is 9.17. The van der Waals surface area contributed by atoms with Crippen LogP contribution in [0.1, 0.15) is 30.7 Å². The minimum absolute atomic E-state index is 0.268. The Hall–Kier alpha value is -2.41. The minimum atomic E-state index is -0.726. The molecule has 1 aliphatic rings. The van der Waals surface area contributed by atoms with Crippen LogP contribution in [0.15, 0.2) is 53.5 Å². The van der Waals surface area contributed by atoms with Crippen LogP contribution in [0.3, 0.4) is 0 Å². The van der Waals surface area contributed by atoms with E-state index in [2.05, 4.69) is 4.99 Å². The van der Waals surface area contributed by atoms with Gasteiger partial charge in [0.1, 0.15) is 18.2 Å². The molecular weight excluding hydrogens is 344 g/mol. The summed E-state index contributed by atoms with van der Waals surface area (Å²) in [7, 11) is 1.80. The Labute approximate surface area is 159 Å². The summed E-state index contributed by atoms with van der Waals surface area (Å²) >= 11 is 0. The number of nitrogens with zero attached hydrogens (tertiary/aromatic N) is 2. The summed E-state index contributed by atoms with van der Waals surface area (Å²) in [6.07, 6.45) is -0.149. The first-order chi connectivity index (χ1) is 13.1. The van der Waals surface area contributed by atoms with Gasteiger partial charge in [0.05, 0.1) is 5.69 Å². The molecule has 0 amide bonds. The van der Waals surface area contributed by atoms with Gasteiger partial charge in [-0.25, -0.2) is 4.99 Å². The summed E-state index contributed by atoms with van der Waals surface area (Å²) in [6.45, 7) is 2.64. The number of para-hydroxylation sites is 1. The molecule has 0 unspecified atom stereocenters. The van der Waals surface area contributed by atoms with E-state index in [9.17, 15) is 10.2 Å². The number of hydrogen-bond acceptors (Lipinski definition) is 6. The molecule has 0 saturated carbocycles. The minimum Gasteiger partial charge on any atom is -0.486 e. The van der Waals surface area contributed by atoms with Gasteiger partial charge in [0.2, 0.25) is 0 Å².